The Hall–Kier alpha value is -3.22. The summed E-state index contributed by atoms with van der Waals surface area (Å²) in [6.07, 6.45) is 0.579. The molecular formula is C22H24N2O5. The maximum absolute atomic E-state index is 13.2. The molecule has 0 saturated carbocycles. The van der Waals surface area contributed by atoms with Crippen molar-refractivity contribution in [3.05, 3.63) is 47.5 Å². The molecule has 1 unspecified atom stereocenters. The molecule has 7 nitrogen and oxygen atoms in total. The maximum Gasteiger partial charge on any atom is 0.254 e. The third-order valence-electron chi connectivity index (χ3n) is 5.98. The van der Waals surface area contributed by atoms with Gasteiger partial charge in [-0.05, 0) is 48.4 Å². The van der Waals surface area contributed by atoms with Gasteiger partial charge in [0.05, 0.1) is 26.7 Å². The van der Waals surface area contributed by atoms with Crippen LogP contribution in [0.15, 0.2) is 36.4 Å². The first kappa shape index (κ1) is 19.1. The number of hydrogen-bond donors (Lipinski definition) is 0. The molecule has 4 rings (SSSR count). The highest BCUT2D eigenvalue weighted by Gasteiger charge is 2.54. The quantitative estimate of drug-likeness (QED) is 0.794. The van der Waals surface area contributed by atoms with Crippen LogP contribution in [0.1, 0.15) is 22.3 Å². The molecule has 0 aliphatic carbocycles. The van der Waals surface area contributed by atoms with Gasteiger partial charge in [0.1, 0.15) is 5.75 Å². The molecule has 1 spiro atoms. The Labute approximate surface area is 169 Å². The average Bonchev–Trinajstić information content (AvgIpc) is 3.30. The fraction of sp³-hybridized carbons (Fsp3) is 0.364. The number of likely N-dealkylation sites (N-methyl/N-ethyl adjacent to an activating group) is 1. The monoisotopic (exact) mass is 396 g/mol. The molecule has 1 atom stereocenters. The number of benzene rings is 2. The highest BCUT2D eigenvalue weighted by atomic mass is 16.5. The van der Waals surface area contributed by atoms with E-state index in [-0.39, 0.29) is 11.8 Å². The van der Waals surface area contributed by atoms with Crippen molar-refractivity contribution in [2.24, 2.45) is 0 Å². The molecule has 152 valence electrons. The van der Waals surface area contributed by atoms with Gasteiger partial charge in [0.25, 0.3) is 5.91 Å². The number of hydrogen-bond acceptors (Lipinski definition) is 5. The molecule has 2 aromatic carbocycles. The summed E-state index contributed by atoms with van der Waals surface area (Å²) in [6, 6.07) is 10.8. The Balaban J connectivity index is 1.66. The molecule has 2 heterocycles. The second kappa shape index (κ2) is 6.99. The summed E-state index contributed by atoms with van der Waals surface area (Å²) in [7, 11) is 6.48. The van der Waals surface area contributed by atoms with Crippen LogP contribution in [0.25, 0.3) is 0 Å². The highest BCUT2D eigenvalue weighted by molar-refractivity contribution is 6.09. The summed E-state index contributed by atoms with van der Waals surface area (Å²) < 4.78 is 15.9. The van der Waals surface area contributed by atoms with Gasteiger partial charge in [-0.1, -0.05) is 0 Å². The van der Waals surface area contributed by atoms with Crippen molar-refractivity contribution in [1.82, 2.24) is 4.90 Å². The predicted octanol–water partition coefficient (Wildman–Crippen LogP) is 2.47. The summed E-state index contributed by atoms with van der Waals surface area (Å²) in [5.41, 5.74) is 1.57. The third kappa shape index (κ3) is 2.80. The van der Waals surface area contributed by atoms with Gasteiger partial charge in [0, 0.05) is 31.4 Å². The summed E-state index contributed by atoms with van der Waals surface area (Å²) >= 11 is 0. The van der Waals surface area contributed by atoms with Gasteiger partial charge in [-0.2, -0.15) is 0 Å². The fourth-order valence-electron chi connectivity index (χ4n) is 4.39. The van der Waals surface area contributed by atoms with Crippen molar-refractivity contribution in [3.63, 3.8) is 0 Å². The van der Waals surface area contributed by atoms with Crippen molar-refractivity contribution < 1.29 is 23.8 Å². The van der Waals surface area contributed by atoms with E-state index in [0.29, 0.717) is 42.3 Å². The van der Waals surface area contributed by atoms with Crippen LogP contribution >= 0.6 is 0 Å². The normalized spacial score (nSPS) is 20.2. The van der Waals surface area contributed by atoms with Crippen molar-refractivity contribution in [2.75, 3.05) is 46.4 Å². The second-order valence-electron chi connectivity index (χ2n) is 7.38. The molecule has 2 amide bonds. The lowest BCUT2D eigenvalue weighted by Crippen LogP contribution is -2.42. The molecular weight excluding hydrogens is 372 g/mol. The molecule has 7 heteroatoms. The lowest BCUT2D eigenvalue weighted by Gasteiger charge is -2.24. The summed E-state index contributed by atoms with van der Waals surface area (Å²) in [4.78, 5) is 29.8. The van der Waals surface area contributed by atoms with E-state index in [1.165, 1.54) is 7.11 Å². The second-order valence-corrected chi connectivity index (χ2v) is 7.38. The number of rotatable bonds is 4. The van der Waals surface area contributed by atoms with Crippen LogP contribution in [0.5, 0.6) is 17.2 Å². The lowest BCUT2D eigenvalue weighted by molar-refractivity contribution is -0.122. The minimum Gasteiger partial charge on any atom is -0.497 e. The van der Waals surface area contributed by atoms with Gasteiger partial charge in [-0.25, -0.2) is 0 Å². The zero-order valence-electron chi connectivity index (χ0n) is 17.0. The molecule has 2 aliphatic heterocycles. The number of anilines is 1. The number of amides is 2. The summed E-state index contributed by atoms with van der Waals surface area (Å²) in [5, 5.41) is 0. The molecule has 0 aromatic heterocycles. The van der Waals surface area contributed by atoms with Gasteiger partial charge in [-0.15, -0.1) is 0 Å². The van der Waals surface area contributed by atoms with Gasteiger partial charge in [0.2, 0.25) is 5.91 Å². The van der Waals surface area contributed by atoms with Crippen LogP contribution in [0, 0.1) is 0 Å². The minimum atomic E-state index is -0.731. The van der Waals surface area contributed by atoms with E-state index < -0.39 is 5.41 Å². The van der Waals surface area contributed by atoms with Gasteiger partial charge >= 0.3 is 0 Å². The number of likely N-dealkylation sites (tertiary alicyclic amines) is 1. The topological polar surface area (TPSA) is 68.3 Å². The van der Waals surface area contributed by atoms with E-state index >= 15 is 0 Å². The first-order valence-corrected chi connectivity index (χ1v) is 9.43. The number of fused-ring (bicyclic) bond motifs is 2. The average molecular weight is 396 g/mol. The van der Waals surface area contributed by atoms with Gasteiger partial charge < -0.3 is 24.0 Å². The van der Waals surface area contributed by atoms with Crippen LogP contribution < -0.4 is 19.1 Å². The van der Waals surface area contributed by atoms with E-state index in [9.17, 15) is 9.59 Å². The van der Waals surface area contributed by atoms with Crippen molar-refractivity contribution in [3.8, 4) is 17.2 Å². The zero-order valence-corrected chi connectivity index (χ0v) is 17.0. The molecule has 1 saturated heterocycles. The Morgan fingerprint density at radius 3 is 2.45 bits per heavy atom. The van der Waals surface area contributed by atoms with Crippen molar-refractivity contribution >= 4 is 17.5 Å². The Bertz CT molecular complexity index is 989. The first-order valence-electron chi connectivity index (χ1n) is 9.43. The standard InChI is InChI=1S/C22H24N2O5/c1-23-17-7-6-15(27-2)12-16(17)22(21(23)26)9-10-24(13-22)20(25)14-5-8-18(28-3)19(11-14)29-4/h5-8,11-12H,9-10,13H2,1-4H3. The molecule has 0 bridgehead atoms. The zero-order chi connectivity index (χ0) is 20.8. The van der Waals surface area contributed by atoms with E-state index in [2.05, 4.69) is 0 Å². The van der Waals surface area contributed by atoms with E-state index in [4.69, 9.17) is 14.2 Å². The highest BCUT2D eigenvalue weighted by Crippen LogP contribution is 2.48. The largest absolute Gasteiger partial charge is 0.497 e. The third-order valence-corrected chi connectivity index (χ3v) is 5.98. The molecule has 2 aliphatic rings. The Morgan fingerprint density at radius 2 is 1.76 bits per heavy atom. The molecule has 1 fully saturated rings. The number of ether oxygens (including phenoxy) is 3. The number of nitrogens with zero attached hydrogens (tertiary/aromatic N) is 2. The van der Waals surface area contributed by atoms with Crippen LogP contribution in [-0.2, 0) is 10.2 Å². The summed E-state index contributed by atoms with van der Waals surface area (Å²) in [6.45, 7) is 0.840. The van der Waals surface area contributed by atoms with Crippen LogP contribution in [-0.4, -0.2) is 58.2 Å². The van der Waals surface area contributed by atoms with E-state index in [1.54, 1.807) is 49.3 Å². The van der Waals surface area contributed by atoms with E-state index in [1.807, 2.05) is 18.2 Å². The molecule has 0 radical (unpaired) electrons. The number of methoxy groups -OCH3 is 3. The lowest BCUT2D eigenvalue weighted by atomic mass is 9.81. The van der Waals surface area contributed by atoms with Crippen LogP contribution in [0.3, 0.4) is 0 Å². The molecule has 0 N–H and O–H groups in total. The predicted molar refractivity (Wildman–Crippen MR) is 108 cm³/mol. The van der Waals surface area contributed by atoms with Gasteiger partial charge in [0.15, 0.2) is 11.5 Å². The fourth-order valence-corrected chi connectivity index (χ4v) is 4.39. The van der Waals surface area contributed by atoms with E-state index in [0.717, 1.165) is 11.3 Å². The summed E-state index contributed by atoms with van der Waals surface area (Å²) in [5.74, 6) is 1.66. The van der Waals surface area contributed by atoms with Crippen LogP contribution in [0.2, 0.25) is 0 Å². The first-order chi connectivity index (χ1) is 13.9. The van der Waals surface area contributed by atoms with Crippen LogP contribution in [0.4, 0.5) is 5.69 Å². The minimum absolute atomic E-state index is 0.0170. The number of carbonyl (C=O) groups excluding carboxylic acids is 2. The number of carbonyl (C=O) groups is 2. The maximum atomic E-state index is 13.2. The van der Waals surface area contributed by atoms with Crippen molar-refractivity contribution in [1.29, 1.82) is 0 Å². The molecule has 29 heavy (non-hydrogen) atoms. The smallest absolute Gasteiger partial charge is 0.254 e. The molecule has 2 aromatic rings. The Morgan fingerprint density at radius 1 is 1.00 bits per heavy atom. The van der Waals surface area contributed by atoms with Crippen molar-refractivity contribution in [2.45, 2.75) is 11.8 Å². The SMILES string of the molecule is COc1ccc2c(c1)C1(CCN(C(=O)c3ccc(OC)c(OC)c3)C1)C(=O)N2C. The van der Waals surface area contributed by atoms with Gasteiger partial charge in [-0.3, -0.25) is 9.59 Å². The Kier molecular flexibility index (Phi) is 4.61.